The number of nitrogens with two attached hydrogens (primary N) is 1. The Hall–Kier alpha value is -0.900. The molecule has 0 fully saturated rings. The maximum absolute atomic E-state index is 11.0. The molecule has 0 aliphatic carbocycles. The lowest BCUT2D eigenvalue weighted by Crippen LogP contribution is -2.00. The van der Waals surface area contributed by atoms with Gasteiger partial charge < -0.3 is 10.2 Å². The molecular weight excluding hydrogens is 260 g/mol. The summed E-state index contributed by atoms with van der Waals surface area (Å²) in [5, 5.41) is 1.27. The van der Waals surface area contributed by atoms with Gasteiger partial charge in [-0.1, -0.05) is 23.2 Å². The molecule has 0 saturated heterocycles. The minimum atomic E-state index is -0.528. The lowest BCUT2D eigenvalue weighted by atomic mass is 10.2. The Morgan fingerprint density at radius 2 is 1.87 bits per heavy atom. The number of hydrogen-bond acceptors (Lipinski definition) is 3. The summed E-state index contributed by atoms with van der Waals surface area (Å²) < 4.78 is 4.90. The molecule has 0 saturated carbocycles. The standard InChI is InChI=1S/C9H5Cl2NO2.ClH/c10-4-1-5-7(12)3-8(13)14-9(5)6(11)2-4;/h1-3H,12H2;1H. The Morgan fingerprint density at radius 1 is 1.20 bits per heavy atom. The molecule has 1 aromatic carbocycles. The Labute approximate surface area is 101 Å². The quantitative estimate of drug-likeness (QED) is 0.745. The molecular formula is C9H6Cl3NO2. The highest BCUT2D eigenvalue weighted by Gasteiger charge is 2.07. The summed E-state index contributed by atoms with van der Waals surface area (Å²) in [5.41, 5.74) is 5.66. The monoisotopic (exact) mass is 265 g/mol. The Morgan fingerprint density at radius 3 is 2.53 bits per heavy atom. The lowest BCUT2D eigenvalue weighted by Gasteiger charge is -2.02. The van der Waals surface area contributed by atoms with Crippen molar-refractivity contribution < 1.29 is 4.42 Å². The SMILES string of the molecule is Cl.Nc1cc(=O)oc2c(Cl)cc(Cl)cc12. The van der Waals surface area contributed by atoms with Crippen molar-refractivity contribution >= 4 is 52.3 Å². The molecule has 0 spiro atoms. The highest BCUT2D eigenvalue weighted by molar-refractivity contribution is 6.38. The average molecular weight is 267 g/mol. The van der Waals surface area contributed by atoms with Crippen molar-refractivity contribution in [3.63, 3.8) is 0 Å². The third-order valence-electron chi connectivity index (χ3n) is 1.80. The normalized spacial score (nSPS) is 10.0. The van der Waals surface area contributed by atoms with Gasteiger partial charge in [-0.3, -0.25) is 0 Å². The minimum Gasteiger partial charge on any atom is -0.421 e. The van der Waals surface area contributed by atoms with E-state index in [2.05, 4.69) is 0 Å². The van der Waals surface area contributed by atoms with Crippen molar-refractivity contribution in [3.05, 3.63) is 38.7 Å². The van der Waals surface area contributed by atoms with Crippen LogP contribution in [0.2, 0.25) is 10.0 Å². The fourth-order valence-corrected chi connectivity index (χ4v) is 1.75. The van der Waals surface area contributed by atoms with E-state index in [9.17, 15) is 4.79 Å². The van der Waals surface area contributed by atoms with Gasteiger partial charge >= 0.3 is 5.63 Å². The van der Waals surface area contributed by atoms with Crippen molar-refractivity contribution in [1.29, 1.82) is 0 Å². The van der Waals surface area contributed by atoms with Crippen LogP contribution in [0.5, 0.6) is 0 Å². The summed E-state index contributed by atoms with van der Waals surface area (Å²) in [6.45, 7) is 0. The van der Waals surface area contributed by atoms with Crippen LogP contribution in [-0.4, -0.2) is 0 Å². The van der Waals surface area contributed by atoms with Gasteiger partial charge in [0.25, 0.3) is 0 Å². The molecule has 15 heavy (non-hydrogen) atoms. The molecule has 2 aromatic rings. The first-order valence-electron chi connectivity index (χ1n) is 3.76. The number of anilines is 1. The van der Waals surface area contributed by atoms with E-state index in [-0.39, 0.29) is 23.0 Å². The summed E-state index contributed by atoms with van der Waals surface area (Å²) in [7, 11) is 0. The van der Waals surface area contributed by atoms with Crippen LogP contribution in [0.25, 0.3) is 11.0 Å². The highest BCUT2D eigenvalue weighted by Crippen LogP contribution is 2.29. The molecule has 2 rings (SSSR count). The molecule has 1 aromatic heterocycles. The van der Waals surface area contributed by atoms with Gasteiger partial charge in [-0.05, 0) is 12.1 Å². The van der Waals surface area contributed by atoms with Crippen LogP contribution in [0.3, 0.4) is 0 Å². The van der Waals surface area contributed by atoms with E-state index in [1.807, 2.05) is 0 Å². The van der Waals surface area contributed by atoms with Crippen LogP contribution in [0.15, 0.2) is 27.4 Å². The molecule has 0 aliphatic rings. The maximum Gasteiger partial charge on any atom is 0.338 e. The highest BCUT2D eigenvalue weighted by atomic mass is 35.5. The Balaban J connectivity index is 0.00000112. The summed E-state index contributed by atoms with van der Waals surface area (Å²) in [6, 6.07) is 4.28. The van der Waals surface area contributed by atoms with E-state index in [0.29, 0.717) is 16.1 Å². The van der Waals surface area contributed by atoms with Crippen molar-refractivity contribution in [2.24, 2.45) is 0 Å². The molecule has 2 N–H and O–H groups in total. The molecule has 0 aliphatic heterocycles. The molecule has 0 unspecified atom stereocenters. The minimum absolute atomic E-state index is 0. The number of benzene rings is 1. The number of halogens is 3. The third kappa shape index (κ3) is 2.20. The van der Waals surface area contributed by atoms with Gasteiger partial charge in [-0.25, -0.2) is 4.79 Å². The van der Waals surface area contributed by atoms with Gasteiger partial charge in [-0.2, -0.15) is 0 Å². The van der Waals surface area contributed by atoms with E-state index in [0.717, 1.165) is 0 Å². The smallest absolute Gasteiger partial charge is 0.338 e. The van der Waals surface area contributed by atoms with Crippen LogP contribution >= 0.6 is 35.6 Å². The first-order chi connectivity index (χ1) is 6.58. The second-order valence-electron chi connectivity index (χ2n) is 2.79. The van der Waals surface area contributed by atoms with Crippen molar-refractivity contribution in [3.8, 4) is 0 Å². The van der Waals surface area contributed by atoms with Crippen LogP contribution < -0.4 is 11.4 Å². The van der Waals surface area contributed by atoms with Crippen LogP contribution in [0.1, 0.15) is 0 Å². The van der Waals surface area contributed by atoms with Crippen LogP contribution in [0, 0.1) is 0 Å². The van der Waals surface area contributed by atoms with Crippen molar-refractivity contribution in [2.75, 3.05) is 5.73 Å². The lowest BCUT2D eigenvalue weighted by molar-refractivity contribution is 0.562. The predicted octanol–water partition coefficient (Wildman–Crippen LogP) is 3.10. The molecule has 0 amide bonds. The van der Waals surface area contributed by atoms with Gasteiger partial charge in [0.15, 0.2) is 5.58 Å². The first kappa shape index (κ1) is 12.2. The Bertz CT molecular complexity index is 565. The van der Waals surface area contributed by atoms with E-state index in [4.69, 9.17) is 33.4 Å². The van der Waals surface area contributed by atoms with Crippen LogP contribution in [0.4, 0.5) is 5.69 Å². The molecule has 80 valence electrons. The summed E-state index contributed by atoms with van der Waals surface area (Å²) >= 11 is 11.6. The fourth-order valence-electron chi connectivity index (χ4n) is 1.21. The number of rotatable bonds is 0. The van der Waals surface area contributed by atoms with Gasteiger partial charge in [0.05, 0.1) is 5.02 Å². The summed E-state index contributed by atoms with van der Waals surface area (Å²) in [5.74, 6) is 0. The number of hydrogen-bond donors (Lipinski definition) is 1. The first-order valence-corrected chi connectivity index (χ1v) is 4.52. The second-order valence-corrected chi connectivity index (χ2v) is 3.63. The van der Waals surface area contributed by atoms with Crippen LogP contribution in [-0.2, 0) is 0 Å². The van der Waals surface area contributed by atoms with Gasteiger partial charge in [-0.15, -0.1) is 12.4 Å². The van der Waals surface area contributed by atoms with E-state index >= 15 is 0 Å². The predicted molar refractivity (Wildman–Crippen MR) is 64.2 cm³/mol. The van der Waals surface area contributed by atoms with E-state index in [1.54, 1.807) is 6.07 Å². The molecule has 3 nitrogen and oxygen atoms in total. The zero-order chi connectivity index (χ0) is 10.3. The maximum atomic E-state index is 11.0. The number of nitrogen functional groups attached to an aromatic ring is 1. The van der Waals surface area contributed by atoms with Crippen molar-refractivity contribution in [1.82, 2.24) is 0 Å². The molecule has 0 atom stereocenters. The summed E-state index contributed by atoms with van der Waals surface area (Å²) in [6.07, 6.45) is 0. The molecule has 0 bridgehead atoms. The average Bonchev–Trinajstić information content (AvgIpc) is 2.07. The second kappa shape index (κ2) is 4.31. The van der Waals surface area contributed by atoms with E-state index < -0.39 is 5.63 Å². The number of fused-ring (bicyclic) bond motifs is 1. The molecule has 1 heterocycles. The van der Waals surface area contributed by atoms with Gasteiger partial charge in [0, 0.05) is 22.2 Å². The zero-order valence-corrected chi connectivity index (χ0v) is 9.62. The van der Waals surface area contributed by atoms with Crippen molar-refractivity contribution in [2.45, 2.75) is 0 Å². The zero-order valence-electron chi connectivity index (χ0n) is 7.29. The largest absolute Gasteiger partial charge is 0.421 e. The topological polar surface area (TPSA) is 56.2 Å². The van der Waals surface area contributed by atoms with Gasteiger partial charge in [0.1, 0.15) is 0 Å². The summed E-state index contributed by atoms with van der Waals surface area (Å²) in [4.78, 5) is 11.0. The molecule has 0 radical (unpaired) electrons. The van der Waals surface area contributed by atoms with E-state index in [1.165, 1.54) is 12.1 Å². The van der Waals surface area contributed by atoms with Gasteiger partial charge in [0.2, 0.25) is 0 Å². The third-order valence-corrected chi connectivity index (χ3v) is 2.29. The molecule has 6 heteroatoms. The fraction of sp³-hybridized carbons (Fsp3) is 0. The Kier molecular flexibility index (Phi) is 3.50.